The first-order valence-corrected chi connectivity index (χ1v) is 8.65. The quantitative estimate of drug-likeness (QED) is 0.497. The van der Waals surface area contributed by atoms with Crippen molar-refractivity contribution < 1.29 is 8.78 Å². The highest BCUT2D eigenvalue weighted by molar-refractivity contribution is 5.22. The Labute approximate surface area is 128 Å². The molecule has 0 N–H and O–H groups in total. The molecule has 0 saturated heterocycles. The predicted octanol–water partition coefficient (Wildman–Crippen LogP) is 6.60. The predicted molar refractivity (Wildman–Crippen MR) is 84.4 cm³/mol. The van der Waals surface area contributed by atoms with Crippen LogP contribution in [0.25, 0.3) is 0 Å². The maximum Gasteiger partial charge on any atom is 0.126 e. The lowest BCUT2D eigenvalue weighted by Crippen LogP contribution is -2.13. The lowest BCUT2D eigenvalue weighted by molar-refractivity contribution is 0.301. The van der Waals surface area contributed by atoms with E-state index in [0.717, 1.165) is 30.4 Å². The van der Waals surface area contributed by atoms with E-state index in [9.17, 15) is 8.78 Å². The van der Waals surface area contributed by atoms with Crippen molar-refractivity contribution in [2.45, 2.75) is 77.0 Å². The second-order valence-electron chi connectivity index (χ2n) is 6.62. The Morgan fingerprint density at radius 1 is 0.857 bits per heavy atom. The molecule has 2 heteroatoms. The van der Waals surface area contributed by atoms with Crippen LogP contribution in [0.3, 0.4) is 0 Å². The topological polar surface area (TPSA) is 0 Å². The lowest BCUT2D eigenvalue weighted by atomic mass is 9.77. The van der Waals surface area contributed by atoms with Crippen LogP contribution in [0, 0.1) is 17.6 Å². The van der Waals surface area contributed by atoms with Crippen molar-refractivity contribution in [3.63, 3.8) is 0 Å². The second kappa shape index (κ2) is 8.51. The molecule has 0 amide bonds. The normalized spacial score (nSPS) is 22.4. The summed E-state index contributed by atoms with van der Waals surface area (Å²) in [7, 11) is 0. The van der Waals surface area contributed by atoms with E-state index in [1.165, 1.54) is 63.5 Å². The van der Waals surface area contributed by atoms with E-state index in [2.05, 4.69) is 6.92 Å². The first kappa shape index (κ1) is 16.5. The van der Waals surface area contributed by atoms with Crippen molar-refractivity contribution in [2.75, 3.05) is 0 Å². The second-order valence-corrected chi connectivity index (χ2v) is 6.62. The molecule has 0 aromatic heterocycles. The minimum Gasteiger partial charge on any atom is -0.207 e. The average molecular weight is 294 g/mol. The molecule has 0 atom stereocenters. The maximum absolute atomic E-state index is 13.3. The van der Waals surface area contributed by atoms with Gasteiger partial charge < -0.3 is 0 Å². The van der Waals surface area contributed by atoms with E-state index in [4.69, 9.17) is 0 Å². The van der Waals surface area contributed by atoms with Crippen LogP contribution in [-0.4, -0.2) is 0 Å². The van der Waals surface area contributed by atoms with Crippen LogP contribution in [0.1, 0.15) is 82.6 Å². The number of rotatable bonds is 7. The molecule has 0 spiro atoms. The Morgan fingerprint density at radius 2 is 1.48 bits per heavy atom. The maximum atomic E-state index is 13.3. The highest BCUT2D eigenvalue weighted by Gasteiger charge is 2.22. The van der Waals surface area contributed by atoms with Gasteiger partial charge in [0, 0.05) is 6.07 Å². The largest absolute Gasteiger partial charge is 0.207 e. The van der Waals surface area contributed by atoms with Crippen LogP contribution in [-0.2, 0) is 0 Å². The van der Waals surface area contributed by atoms with E-state index in [1.54, 1.807) is 0 Å². The molecule has 0 unspecified atom stereocenters. The Hall–Kier alpha value is -0.920. The molecule has 118 valence electrons. The van der Waals surface area contributed by atoms with Gasteiger partial charge in [-0.1, -0.05) is 45.4 Å². The van der Waals surface area contributed by atoms with Gasteiger partial charge in [0.15, 0.2) is 0 Å². The van der Waals surface area contributed by atoms with Gasteiger partial charge in [-0.25, -0.2) is 8.78 Å². The summed E-state index contributed by atoms with van der Waals surface area (Å²) in [6, 6.07) is 3.99. The van der Waals surface area contributed by atoms with Crippen LogP contribution in [0.2, 0.25) is 0 Å². The van der Waals surface area contributed by atoms with Gasteiger partial charge in [-0.3, -0.25) is 0 Å². The van der Waals surface area contributed by atoms with Gasteiger partial charge in [0.05, 0.1) is 0 Å². The zero-order valence-electron chi connectivity index (χ0n) is 13.2. The summed E-state index contributed by atoms with van der Waals surface area (Å²) in [5, 5.41) is 0. The Kier molecular flexibility index (Phi) is 6.66. The third kappa shape index (κ3) is 5.41. The van der Waals surface area contributed by atoms with Crippen molar-refractivity contribution in [2.24, 2.45) is 5.92 Å². The number of hydrogen-bond donors (Lipinski definition) is 0. The number of benzene rings is 1. The third-order valence-corrected chi connectivity index (χ3v) is 4.92. The number of hydrogen-bond acceptors (Lipinski definition) is 0. The first-order valence-electron chi connectivity index (χ1n) is 8.65. The molecule has 1 aliphatic rings. The van der Waals surface area contributed by atoms with Crippen molar-refractivity contribution in [3.8, 4) is 0 Å². The molecule has 1 aliphatic carbocycles. The molecular formula is C19H28F2. The number of unbranched alkanes of at least 4 members (excludes halogenated alkanes) is 4. The van der Waals surface area contributed by atoms with Gasteiger partial charge in [-0.2, -0.15) is 0 Å². The summed E-state index contributed by atoms with van der Waals surface area (Å²) in [4.78, 5) is 0. The Bertz CT molecular complexity index is 399. The molecule has 0 heterocycles. The highest BCUT2D eigenvalue weighted by atomic mass is 19.1. The molecule has 0 nitrogen and oxygen atoms in total. The summed E-state index contributed by atoms with van der Waals surface area (Å²) in [6.45, 7) is 2.25. The molecular weight excluding hydrogens is 266 g/mol. The van der Waals surface area contributed by atoms with Gasteiger partial charge in [-0.05, 0) is 55.2 Å². The van der Waals surface area contributed by atoms with E-state index in [-0.39, 0.29) is 0 Å². The molecule has 2 rings (SSSR count). The Balaban J connectivity index is 1.72. The minimum absolute atomic E-state index is 0.353. The minimum atomic E-state index is -0.442. The average Bonchev–Trinajstić information content (AvgIpc) is 2.47. The fraction of sp³-hybridized carbons (Fsp3) is 0.684. The third-order valence-electron chi connectivity index (χ3n) is 4.92. The standard InChI is InChI=1S/C19H28F2/c1-2-3-4-5-6-7-15-8-10-16(11-9-15)17-12-18(20)14-19(21)13-17/h12-16H,2-11H2,1H3. The summed E-state index contributed by atoms with van der Waals surface area (Å²) in [6.07, 6.45) is 12.7. The van der Waals surface area contributed by atoms with Gasteiger partial charge >= 0.3 is 0 Å². The first-order chi connectivity index (χ1) is 10.2. The Morgan fingerprint density at radius 3 is 2.10 bits per heavy atom. The molecule has 1 aromatic carbocycles. The van der Waals surface area contributed by atoms with Crippen LogP contribution >= 0.6 is 0 Å². The molecule has 1 aromatic rings. The molecule has 1 saturated carbocycles. The summed E-state index contributed by atoms with van der Waals surface area (Å²) < 4.78 is 26.6. The van der Waals surface area contributed by atoms with E-state index >= 15 is 0 Å². The van der Waals surface area contributed by atoms with Crippen LogP contribution in [0.4, 0.5) is 8.78 Å². The molecule has 0 bridgehead atoms. The van der Waals surface area contributed by atoms with E-state index in [0.29, 0.717) is 5.92 Å². The number of halogens is 2. The fourth-order valence-electron chi connectivity index (χ4n) is 3.63. The molecule has 21 heavy (non-hydrogen) atoms. The summed E-state index contributed by atoms with van der Waals surface area (Å²) >= 11 is 0. The molecule has 0 radical (unpaired) electrons. The van der Waals surface area contributed by atoms with E-state index < -0.39 is 11.6 Å². The SMILES string of the molecule is CCCCCCCC1CCC(c2cc(F)cc(F)c2)CC1. The van der Waals surface area contributed by atoms with Crippen molar-refractivity contribution >= 4 is 0 Å². The van der Waals surface area contributed by atoms with Gasteiger partial charge in [-0.15, -0.1) is 0 Å². The van der Waals surface area contributed by atoms with Crippen LogP contribution < -0.4 is 0 Å². The van der Waals surface area contributed by atoms with Crippen molar-refractivity contribution in [3.05, 3.63) is 35.4 Å². The summed E-state index contributed by atoms with van der Waals surface area (Å²) in [5.41, 5.74) is 0.855. The van der Waals surface area contributed by atoms with Gasteiger partial charge in [0.1, 0.15) is 11.6 Å². The van der Waals surface area contributed by atoms with Crippen molar-refractivity contribution in [1.29, 1.82) is 0 Å². The molecule has 0 aliphatic heterocycles. The lowest BCUT2D eigenvalue weighted by Gasteiger charge is -2.29. The highest BCUT2D eigenvalue weighted by Crippen LogP contribution is 2.38. The smallest absolute Gasteiger partial charge is 0.126 e. The van der Waals surface area contributed by atoms with E-state index in [1.807, 2.05) is 0 Å². The van der Waals surface area contributed by atoms with Crippen molar-refractivity contribution in [1.82, 2.24) is 0 Å². The monoisotopic (exact) mass is 294 g/mol. The zero-order valence-corrected chi connectivity index (χ0v) is 13.2. The molecule has 1 fully saturated rings. The fourth-order valence-corrected chi connectivity index (χ4v) is 3.63. The van der Waals surface area contributed by atoms with Crippen LogP contribution in [0.15, 0.2) is 18.2 Å². The zero-order chi connectivity index (χ0) is 15.1. The van der Waals surface area contributed by atoms with Gasteiger partial charge in [0.2, 0.25) is 0 Å². The summed E-state index contributed by atoms with van der Waals surface area (Å²) in [5.74, 6) is 0.305. The van der Waals surface area contributed by atoms with Gasteiger partial charge in [0.25, 0.3) is 0 Å². The van der Waals surface area contributed by atoms with Crippen LogP contribution in [0.5, 0.6) is 0 Å².